The van der Waals surface area contributed by atoms with E-state index in [-0.39, 0.29) is 0 Å². The Balaban J connectivity index is 2.36. The van der Waals surface area contributed by atoms with Crippen LogP contribution in [0.4, 0.5) is 0 Å². The molecule has 0 bridgehead atoms. The molecule has 0 amide bonds. The van der Waals surface area contributed by atoms with Gasteiger partial charge in [0.05, 0.1) is 18.7 Å². The summed E-state index contributed by atoms with van der Waals surface area (Å²) >= 11 is 6.23. The lowest BCUT2D eigenvalue weighted by atomic mass is 10.2. The molecule has 5 heteroatoms. The minimum Gasteiger partial charge on any atom is -0.491 e. The maximum atomic E-state index is 6.23. The Morgan fingerprint density at radius 3 is 2.59 bits per heavy atom. The van der Waals surface area contributed by atoms with Gasteiger partial charge in [-0.05, 0) is 44.0 Å². The molecule has 1 aromatic rings. The summed E-state index contributed by atoms with van der Waals surface area (Å²) in [6.45, 7) is 8.03. The third-order valence-corrected chi connectivity index (χ3v) is 3.47. The number of rotatable bonds is 12. The highest BCUT2D eigenvalue weighted by Crippen LogP contribution is 2.36. The first kappa shape index (κ1) is 19.1. The van der Waals surface area contributed by atoms with Crippen molar-refractivity contribution < 1.29 is 14.2 Å². The molecule has 0 unspecified atom stereocenters. The van der Waals surface area contributed by atoms with Crippen LogP contribution in [0.5, 0.6) is 11.5 Å². The number of ether oxygens (including phenoxy) is 3. The van der Waals surface area contributed by atoms with Crippen molar-refractivity contribution in [3.8, 4) is 11.5 Å². The van der Waals surface area contributed by atoms with Crippen molar-refractivity contribution in [2.24, 2.45) is 0 Å². The fraction of sp³-hybridized carbons (Fsp3) is 0.647. The lowest BCUT2D eigenvalue weighted by molar-refractivity contribution is 0.129. The Labute approximate surface area is 139 Å². The molecule has 126 valence electrons. The standard InChI is InChI=1S/C17H28ClNO3/c1-4-6-9-21-10-7-8-19-13-14-11-15(18)17(20-3)16(12-14)22-5-2/h11-12,19H,4-10,13H2,1-3H3. The zero-order chi connectivity index (χ0) is 16.2. The Kier molecular flexibility index (Phi) is 10.0. The predicted octanol–water partition coefficient (Wildman–Crippen LogP) is 4.04. The first-order valence-corrected chi connectivity index (χ1v) is 8.38. The van der Waals surface area contributed by atoms with Crippen LogP contribution in [-0.4, -0.2) is 33.5 Å². The molecule has 0 heterocycles. The summed E-state index contributed by atoms with van der Waals surface area (Å²) in [7, 11) is 1.60. The molecule has 0 aliphatic rings. The number of nitrogens with one attached hydrogen (secondary N) is 1. The summed E-state index contributed by atoms with van der Waals surface area (Å²) in [5.74, 6) is 1.29. The summed E-state index contributed by atoms with van der Waals surface area (Å²) in [6.07, 6.45) is 3.32. The van der Waals surface area contributed by atoms with Gasteiger partial charge in [-0.2, -0.15) is 0 Å². The fourth-order valence-electron chi connectivity index (χ4n) is 2.06. The van der Waals surface area contributed by atoms with E-state index in [0.717, 1.165) is 44.7 Å². The topological polar surface area (TPSA) is 39.7 Å². The van der Waals surface area contributed by atoms with E-state index in [4.69, 9.17) is 25.8 Å². The first-order chi connectivity index (χ1) is 10.7. The van der Waals surface area contributed by atoms with Gasteiger partial charge in [0.15, 0.2) is 11.5 Å². The molecule has 4 nitrogen and oxygen atoms in total. The van der Waals surface area contributed by atoms with Gasteiger partial charge in [-0.3, -0.25) is 0 Å². The highest BCUT2D eigenvalue weighted by Gasteiger charge is 2.11. The number of unbranched alkanes of at least 4 members (excludes halogenated alkanes) is 1. The van der Waals surface area contributed by atoms with Gasteiger partial charge in [-0.1, -0.05) is 24.9 Å². The number of methoxy groups -OCH3 is 1. The molecule has 0 radical (unpaired) electrons. The Hall–Kier alpha value is -0.970. The zero-order valence-electron chi connectivity index (χ0n) is 13.9. The Morgan fingerprint density at radius 2 is 1.91 bits per heavy atom. The van der Waals surface area contributed by atoms with Crippen molar-refractivity contribution in [2.75, 3.05) is 33.5 Å². The monoisotopic (exact) mass is 329 g/mol. The molecule has 0 aliphatic heterocycles. The van der Waals surface area contributed by atoms with Gasteiger partial charge in [0, 0.05) is 19.8 Å². The van der Waals surface area contributed by atoms with Crippen molar-refractivity contribution >= 4 is 11.6 Å². The summed E-state index contributed by atoms with van der Waals surface area (Å²) in [4.78, 5) is 0. The average molecular weight is 330 g/mol. The van der Waals surface area contributed by atoms with E-state index < -0.39 is 0 Å². The maximum Gasteiger partial charge on any atom is 0.179 e. The third-order valence-electron chi connectivity index (χ3n) is 3.19. The predicted molar refractivity (Wildman–Crippen MR) is 91.2 cm³/mol. The van der Waals surface area contributed by atoms with Crippen molar-refractivity contribution in [1.29, 1.82) is 0 Å². The Morgan fingerprint density at radius 1 is 1.14 bits per heavy atom. The summed E-state index contributed by atoms with van der Waals surface area (Å²) in [5, 5.41) is 3.97. The number of halogens is 1. The van der Waals surface area contributed by atoms with Gasteiger partial charge in [-0.15, -0.1) is 0 Å². The minimum atomic E-state index is 0.577. The number of hydrogen-bond donors (Lipinski definition) is 1. The largest absolute Gasteiger partial charge is 0.491 e. The quantitative estimate of drug-likeness (QED) is 0.587. The van der Waals surface area contributed by atoms with Crippen LogP contribution in [0.2, 0.25) is 5.02 Å². The van der Waals surface area contributed by atoms with Crippen LogP contribution in [0.1, 0.15) is 38.7 Å². The Bertz CT molecular complexity index is 427. The molecule has 0 aromatic heterocycles. The lowest BCUT2D eigenvalue weighted by Crippen LogP contribution is -2.16. The molecule has 0 saturated heterocycles. The van der Waals surface area contributed by atoms with Crippen molar-refractivity contribution in [3.63, 3.8) is 0 Å². The summed E-state index contributed by atoms with van der Waals surface area (Å²) in [6, 6.07) is 3.88. The van der Waals surface area contributed by atoms with Crippen molar-refractivity contribution in [3.05, 3.63) is 22.7 Å². The van der Waals surface area contributed by atoms with E-state index in [1.54, 1.807) is 7.11 Å². The molecule has 22 heavy (non-hydrogen) atoms. The third kappa shape index (κ3) is 6.86. The highest BCUT2D eigenvalue weighted by molar-refractivity contribution is 6.32. The summed E-state index contributed by atoms with van der Waals surface area (Å²) in [5.41, 5.74) is 1.08. The van der Waals surface area contributed by atoms with E-state index in [2.05, 4.69) is 12.2 Å². The van der Waals surface area contributed by atoms with Gasteiger partial charge in [-0.25, -0.2) is 0 Å². The molecule has 0 spiro atoms. The molecule has 1 N–H and O–H groups in total. The summed E-state index contributed by atoms with van der Waals surface area (Å²) < 4.78 is 16.4. The zero-order valence-corrected chi connectivity index (χ0v) is 14.7. The van der Waals surface area contributed by atoms with E-state index in [1.807, 2.05) is 19.1 Å². The lowest BCUT2D eigenvalue weighted by Gasteiger charge is -2.13. The second-order valence-electron chi connectivity index (χ2n) is 5.04. The molecular formula is C17H28ClNO3. The number of benzene rings is 1. The second-order valence-corrected chi connectivity index (χ2v) is 5.45. The highest BCUT2D eigenvalue weighted by atomic mass is 35.5. The van der Waals surface area contributed by atoms with Crippen LogP contribution in [0.3, 0.4) is 0 Å². The van der Waals surface area contributed by atoms with Crippen LogP contribution < -0.4 is 14.8 Å². The smallest absolute Gasteiger partial charge is 0.179 e. The molecule has 1 aromatic carbocycles. The van der Waals surface area contributed by atoms with Crippen LogP contribution >= 0.6 is 11.6 Å². The van der Waals surface area contributed by atoms with E-state index in [0.29, 0.717) is 23.1 Å². The molecular weight excluding hydrogens is 302 g/mol. The minimum absolute atomic E-state index is 0.577. The van der Waals surface area contributed by atoms with E-state index in [1.165, 1.54) is 6.42 Å². The van der Waals surface area contributed by atoms with Crippen LogP contribution in [0.15, 0.2) is 12.1 Å². The second kappa shape index (κ2) is 11.6. The maximum absolute atomic E-state index is 6.23. The molecule has 0 fully saturated rings. The van der Waals surface area contributed by atoms with Gasteiger partial charge in [0.1, 0.15) is 0 Å². The van der Waals surface area contributed by atoms with Crippen molar-refractivity contribution in [2.45, 2.75) is 39.7 Å². The molecule has 0 atom stereocenters. The first-order valence-electron chi connectivity index (χ1n) is 8.00. The van der Waals surface area contributed by atoms with Crippen LogP contribution in [0, 0.1) is 0 Å². The van der Waals surface area contributed by atoms with Crippen LogP contribution in [-0.2, 0) is 11.3 Å². The van der Waals surface area contributed by atoms with Gasteiger partial charge >= 0.3 is 0 Å². The van der Waals surface area contributed by atoms with E-state index in [9.17, 15) is 0 Å². The number of hydrogen-bond acceptors (Lipinski definition) is 4. The van der Waals surface area contributed by atoms with Crippen molar-refractivity contribution in [1.82, 2.24) is 5.32 Å². The van der Waals surface area contributed by atoms with Gasteiger partial charge in [0.2, 0.25) is 0 Å². The molecule has 0 saturated carbocycles. The van der Waals surface area contributed by atoms with Crippen LogP contribution in [0.25, 0.3) is 0 Å². The molecule has 1 rings (SSSR count). The SMILES string of the molecule is CCCCOCCCNCc1cc(Cl)c(OC)c(OCC)c1. The fourth-order valence-corrected chi connectivity index (χ4v) is 2.38. The molecule has 0 aliphatic carbocycles. The van der Waals surface area contributed by atoms with E-state index >= 15 is 0 Å². The van der Waals surface area contributed by atoms with Gasteiger partial charge in [0.25, 0.3) is 0 Å². The van der Waals surface area contributed by atoms with Gasteiger partial charge < -0.3 is 19.5 Å². The normalized spacial score (nSPS) is 10.7. The average Bonchev–Trinajstić information content (AvgIpc) is 2.50.